The van der Waals surface area contributed by atoms with Gasteiger partial charge in [0.25, 0.3) is 0 Å². The lowest BCUT2D eigenvalue weighted by molar-refractivity contribution is 0.00219. The first-order chi connectivity index (χ1) is 9.42. The molecule has 0 unspecified atom stereocenters. The Morgan fingerprint density at radius 1 is 1.20 bits per heavy atom. The molecule has 0 bridgehead atoms. The van der Waals surface area contributed by atoms with Crippen molar-refractivity contribution in [2.75, 3.05) is 13.1 Å². The highest BCUT2D eigenvalue weighted by Gasteiger charge is 2.41. The third-order valence-corrected chi connectivity index (χ3v) is 5.56. The molecule has 2 rings (SSSR count). The first-order valence-electron chi connectivity index (χ1n) is 7.66. The Bertz CT molecular complexity index is 452. The summed E-state index contributed by atoms with van der Waals surface area (Å²) in [7, 11) is 0. The Morgan fingerprint density at radius 2 is 1.85 bits per heavy atom. The van der Waals surface area contributed by atoms with Crippen LogP contribution in [0.1, 0.15) is 46.1 Å². The van der Waals surface area contributed by atoms with E-state index in [1.54, 1.807) is 0 Å². The minimum atomic E-state index is 0.190. The quantitative estimate of drug-likeness (QED) is 0.885. The van der Waals surface area contributed by atoms with Crippen LogP contribution in [0.25, 0.3) is 0 Å². The monoisotopic (exact) mass is 338 g/mol. The van der Waals surface area contributed by atoms with Crippen LogP contribution < -0.4 is 5.32 Å². The molecular formula is C17H27BrN2. The first kappa shape index (κ1) is 16.0. The molecule has 3 heteroatoms. The normalized spacial score (nSPS) is 21.9. The lowest BCUT2D eigenvalue weighted by Crippen LogP contribution is -2.67. The molecule has 0 radical (unpaired) electrons. The highest BCUT2D eigenvalue weighted by atomic mass is 79.9. The molecule has 0 atom stereocenters. The van der Waals surface area contributed by atoms with Gasteiger partial charge in [-0.05, 0) is 38.3 Å². The van der Waals surface area contributed by atoms with Crippen molar-refractivity contribution in [1.82, 2.24) is 10.2 Å². The van der Waals surface area contributed by atoms with E-state index in [-0.39, 0.29) is 11.1 Å². The Kier molecular flexibility index (Phi) is 4.93. The molecule has 1 fully saturated rings. The summed E-state index contributed by atoms with van der Waals surface area (Å²) in [6, 6.07) is 8.59. The van der Waals surface area contributed by atoms with E-state index < -0.39 is 0 Å². The Balaban J connectivity index is 2.26. The van der Waals surface area contributed by atoms with Crippen LogP contribution in [0.5, 0.6) is 0 Å². The number of nitrogens with zero attached hydrogens (tertiary/aromatic N) is 1. The summed E-state index contributed by atoms with van der Waals surface area (Å²) in [5.41, 5.74) is 1.86. The second-order valence-electron chi connectivity index (χ2n) is 6.62. The molecule has 0 saturated carbocycles. The first-order valence-corrected chi connectivity index (χ1v) is 8.45. The molecule has 1 N–H and O–H groups in total. The Hall–Kier alpha value is -0.380. The number of nitrogens with one attached hydrogen (secondary N) is 1. The number of rotatable bonds is 4. The van der Waals surface area contributed by atoms with Crippen molar-refractivity contribution in [3.8, 4) is 0 Å². The molecule has 1 aliphatic heterocycles. The average Bonchev–Trinajstić information content (AvgIpc) is 2.42. The highest BCUT2D eigenvalue weighted by molar-refractivity contribution is 9.10. The molecule has 20 heavy (non-hydrogen) atoms. The lowest BCUT2D eigenvalue weighted by atomic mass is 9.84. The topological polar surface area (TPSA) is 15.3 Å². The van der Waals surface area contributed by atoms with Gasteiger partial charge in [-0.3, -0.25) is 4.90 Å². The van der Waals surface area contributed by atoms with Gasteiger partial charge >= 0.3 is 0 Å². The molecule has 1 saturated heterocycles. The second kappa shape index (κ2) is 6.17. The van der Waals surface area contributed by atoms with Crippen LogP contribution in [0.2, 0.25) is 0 Å². The predicted octanol–water partition coefficient (Wildman–Crippen LogP) is 4.19. The molecule has 0 amide bonds. The van der Waals surface area contributed by atoms with Gasteiger partial charge in [-0.15, -0.1) is 0 Å². The molecule has 1 aromatic rings. The van der Waals surface area contributed by atoms with Gasteiger partial charge in [0.15, 0.2) is 0 Å². The van der Waals surface area contributed by atoms with E-state index in [0.717, 1.165) is 19.6 Å². The molecule has 112 valence electrons. The molecule has 1 aliphatic rings. The van der Waals surface area contributed by atoms with Gasteiger partial charge in [0.05, 0.1) is 0 Å². The van der Waals surface area contributed by atoms with Gasteiger partial charge < -0.3 is 5.32 Å². The summed E-state index contributed by atoms with van der Waals surface area (Å²) in [5, 5.41) is 3.73. The molecule has 0 aromatic heterocycles. The zero-order valence-electron chi connectivity index (χ0n) is 13.2. The summed E-state index contributed by atoms with van der Waals surface area (Å²) in [4.78, 5) is 2.68. The SMILES string of the molecule is CCC1(CC)CNC(C)(C)CN1Cc1ccccc1Br. The zero-order chi connectivity index (χ0) is 14.8. The molecule has 1 heterocycles. The van der Waals surface area contributed by atoms with E-state index in [1.807, 2.05) is 0 Å². The molecule has 1 aromatic carbocycles. The van der Waals surface area contributed by atoms with Gasteiger partial charge in [-0.25, -0.2) is 0 Å². The van der Waals surface area contributed by atoms with E-state index in [4.69, 9.17) is 0 Å². The molecular weight excluding hydrogens is 312 g/mol. The maximum Gasteiger partial charge on any atom is 0.0333 e. The zero-order valence-corrected chi connectivity index (χ0v) is 14.8. The highest BCUT2D eigenvalue weighted by Crippen LogP contribution is 2.32. The third-order valence-electron chi connectivity index (χ3n) is 4.79. The van der Waals surface area contributed by atoms with E-state index in [9.17, 15) is 0 Å². The largest absolute Gasteiger partial charge is 0.309 e. The van der Waals surface area contributed by atoms with Crippen molar-refractivity contribution in [1.29, 1.82) is 0 Å². The van der Waals surface area contributed by atoms with Crippen LogP contribution in [-0.2, 0) is 6.54 Å². The summed E-state index contributed by atoms with van der Waals surface area (Å²) < 4.78 is 1.22. The van der Waals surface area contributed by atoms with E-state index in [2.05, 4.69) is 78.1 Å². The van der Waals surface area contributed by atoms with Crippen molar-refractivity contribution in [3.05, 3.63) is 34.3 Å². The fourth-order valence-electron chi connectivity index (χ4n) is 3.22. The van der Waals surface area contributed by atoms with Crippen LogP contribution in [0, 0.1) is 0 Å². The van der Waals surface area contributed by atoms with Crippen LogP contribution >= 0.6 is 15.9 Å². The number of hydrogen-bond acceptors (Lipinski definition) is 2. The van der Waals surface area contributed by atoms with Crippen molar-refractivity contribution >= 4 is 15.9 Å². The van der Waals surface area contributed by atoms with E-state index in [1.165, 1.54) is 22.9 Å². The van der Waals surface area contributed by atoms with Crippen molar-refractivity contribution in [2.24, 2.45) is 0 Å². The average molecular weight is 339 g/mol. The van der Waals surface area contributed by atoms with Crippen molar-refractivity contribution < 1.29 is 0 Å². The maximum absolute atomic E-state index is 3.73. The van der Waals surface area contributed by atoms with Gasteiger partial charge in [0.2, 0.25) is 0 Å². The predicted molar refractivity (Wildman–Crippen MR) is 89.9 cm³/mol. The van der Waals surface area contributed by atoms with Gasteiger partial charge in [-0.2, -0.15) is 0 Å². The van der Waals surface area contributed by atoms with Crippen LogP contribution in [0.15, 0.2) is 28.7 Å². The fourth-order valence-corrected chi connectivity index (χ4v) is 3.63. The van der Waals surface area contributed by atoms with Crippen molar-refractivity contribution in [3.63, 3.8) is 0 Å². The van der Waals surface area contributed by atoms with E-state index >= 15 is 0 Å². The van der Waals surface area contributed by atoms with Crippen molar-refractivity contribution in [2.45, 2.75) is 58.2 Å². The minimum Gasteiger partial charge on any atom is -0.309 e. The summed E-state index contributed by atoms with van der Waals surface area (Å²) >= 11 is 3.69. The fraction of sp³-hybridized carbons (Fsp3) is 0.647. The van der Waals surface area contributed by atoms with Crippen LogP contribution in [0.4, 0.5) is 0 Å². The van der Waals surface area contributed by atoms with Crippen LogP contribution in [0.3, 0.4) is 0 Å². The van der Waals surface area contributed by atoms with Crippen LogP contribution in [-0.4, -0.2) is 29.1 Å². The molecule has 0 spiro atoms. The molecule has 2 nitrogen and oxygen atoms in total. The van der Waals surface area contributed by atoms with E-state index in [0.29, 0.717) is 0 Å². The number of piperazine rings is 1. The van der Waals surface area contributed by atoms with Gasteiger partial charge in [0, 0.05) is 35.2 Å². The van der Waals surface area contributed by atoms with Gasteiger partial charge in [0.1, 0.15) is 0 Å². The Morgan fingerprint density at radius 3 is 2.45 bits per heavy atom. The minimum absolute atomic E-state index is 0.190. The summed E-state index contributed by atoms with van der Waals surface area (Å²) in [6.07, 6.45) is 2.38. The summed E-state index contributed by atoms with van der Waals surface area (Å²) in [5.74, 6) is 0. The second-order valence-corrected chi connectivity index (χ2v) is 7.47. The maximum atomic E-state index is 3.73. The third kappa shape index (κ3) is 3.26. The Labute approximate surface area is 132 Å². The number of hydrogen-bond donors (Lipinski definition) is 1. The standard InChI is InChI=1S/C17H27BrN2/c1-5-17(6-2)12-19-16(3,4)13-20(17)11-14-9-7-8-10-15(14)18/h7-10,19H,5-6,11-13H2,1-4H3. The lowest BCUT2D eigenvalue weighted by Gasteiger charge is -2.52. The smallest absolute Gasteiger partial charge is 0.0333 e. The molecule has 0 aliphatic carbocycles. The number of halogens is 1. The summed E-state index contributed by atoms with van der Waals surface area (Å²) in [6.45, 7) is 12.4. The number of benzene rings is 1. The van der Waals surface area contributed by atoms with Gasteiger partial charge in [-0.1, -0.05) is 48.0 Å².